The molecule has 2 aromatic carbocycles. The van der Waals surface area contributed by atoms with Crippen LogP contribution < -0.4 is 4.74 Å². The van der Waals surface area contributed by atoms with Gasteiger partial charge in [-0.05, 0) is 31.4 Å². The number of esters is 1. The maximum atomic E-state index is 11.8. The van der Waals surface area contributed by atoms with Gasteiger partial charge in [0.15, 0.2) is 0 Å². The van der Waals surface area contributed by atoms with Crippen LogP contribution in [0.5, 0.6) is 5.75 Å². The van der Waals surface area contributed by atoms with Gasteiger partial charge >= 0.3 is 5.97 Å². The topological polar surface area (TPSA) is 44.8 Å². The standard InChI is InChI=1S/C18H20O4/c1-4-21-17(12-18(19)22-5-2)15-10-11-16(20-3)14-9-7-6-8-13(14)15/h6-12H,4-5H2,1-3H3/b17-12-. The molecule has 0 saturated carbocycles. The lowest BCUT2D eigenvalue weighted by atomic mass is 10.0. The average Bonchev–Trinajstić information content (AvgIpc) is 2.53. The molecule has 0 spiro atoms. The highest BCUT2D eigenvalue weighted by molar-refractivity contribution is 6.00. The van der Waals surface area contributed by atoms with Crippen LogP contribution in [-0.4, -0.2) is 26.3 Å². The largest absolute Gasteiger partial charge is 0.496 e. The molecule has 0 radical (unpaired) electrons. The van der Waals surface area contributed by atoms with E-state index in [4.69, 9.17) is 14.2 Å². The van der Waals surface area contributed by atoms with Crippen molar-refractivity contribution in [1.82, 2.24) is 0 Å². The normalized spacial score (nSPS) is 11.3. The van der Waals surface area contributed by atoms with Gasteiger partial charge in [-0.25, -0.2) is 4.79 Å². The molecule has 0 atom stereocenters. The molecule has 0 bridgehead atoms. The zero-order chi connectivity index (χ0) is 15.9. The van der Waals surface area contributed by atoms with E-state index >= 15 is 0 Å². The lowest BCUT2D eigenvalue weighted by Gasteiger charge is -2.13. The van der Waals surface area contributed by atoms with Crippen molar-refractivity contribution in [2.24, 2.45) is 0 Å². The van der Waals surface area contributed by atoms with Crippen molar-refractivity contribution in [3.63, 3.8) is 0 Å². The molecule has 2 aromatic rings. The van der Waals surface area contributed by atoms with E-state index in [0.29, 0.717) is 19.0 Å². The van der Waals surface area contributed by atoms with Crippen molar-refractivity contribution in [1.29, 1.82) is 0 Å². The molecule has 0 fully saturated rings. The Morgan fingerprint density at radius 1 is 1.00 bits per heavy atom. The van der Waals surface area contributed by atoms with Crippen molar-refractivity contribution in [2.45, 2.75) is 13.8 Å². The fraction of sp³-hybridized carbons (Fsp3) is 0.278. The zero-order valence-corrected chi connectivity index (χ0v) is 13.1. The molecular formula is C18H20O4. The fourth-order valence-corrected chi connectivity index (χ4v) is 2.31. The molecule has 2 rings (SSSR count). The van der Waals surface area contributed by atoms with Crippen molar-refractivity contribution in [3.8, 4) is 5.75 Å². The Balaban J connectivity index is 2.57. The molecule has 0 aromatic heterocycles. The van der Waals surface area contributed by atoms with Gasteiger partial charge in [-0.3, -0.25) is 0 Å². The molecule has 22 heavy (non-hydrogen) atoms. The Kier molecular flexibility index (Phi) is 5.42. The number of benzene rings is 2. The van der Waals surface area contributed by atoms with Crippen LogP contribution in [0.25, 0.3) is 16.5 Å². The number of fused-ring (bicyclic) bond motifs is 1. The highest BCUT2D eigenvalue weighted by Crippen LogP contribution is 2.32. The summed E-state index contributed by atoms with van der Waals surface area (Å²) in [6, 6.07) is 11.6. The van der Waals surface area contributed by atoms with E-state index in [1.807, 2.05) is 43.3 Å². The van der Waals surface area contributed by atoms with Crippen LogP contribution >= 0.6 is 0 Å². The van der Waals surface area contributed by atoms with Crippen LogP contribution in [-0.2, 0) is 14.3 Å². The molecule has 4 nitrogen and oxygen atoms in total. The average molecular weight is 300 g/mol. The summed E-state index contributed by atoms with van der Waals surface area (Å²) in [6.07, 6.45) is 1.39. The summed E-state index contributed by atoms with van der Waals surface area (Å²) in [6.45, 7) is 4.45. The molecule has 0 unspecified atom stereocenters. The van der Waals surface area contributed by atoms with Crippen LogP contribution in [0.4, 0.5) is 0 Å². The highest BCUT2D eigenvalue weighted by atomic mass is 16.5. The number of carbonyl (C=O) groups is 1. The molecule has 0 aliphatic heterocycles. The second-order valence-corrected chi connectivity index (χ2v) is 4.55. The van der Waals surface area contributed by atoms with Crippen LogP contribution in [0, 0.1) is 0 Å². The van der Waals surface area contributed by atoms with Gasteiger partial charge in [0.2, 0.25) is 0 Å². The van der Waals surface area contributed by atoms with Crippen molar-refractivity contribution in [2.75, 3.05) is 20.3 Å². The third-order valence-corrected chi connectivity index (χ3v) is 3.20. The van der Waals surface area contributed by atoms with E-state index in [1.54, 1.807) is 14.0 Å². The number of ether oxygens (including phenoxy) is 3. The van der Waals surface area contributed by atoms with Crippen LogP contribution in [0.2, 0.25) is 0 Å². The molecule has 0 heterocycles. The van der Waals surface area contributed by atoms with Gasteiger partial charge in [0.1, 0.15) is 11.5 Å². The van der Waals surface area contributed by atoms with Gasteiger partial charge < -0.3 is 14.2 Å². The van der Waals surface area contributed by atoms with Crippen LogP contribution in [0.15, 0.2) is 42.5 Å². The summed E-state index contributed by atoms with van der Waals surface area (Å²) in [4.78, 5) is 11.8. The second-order valence-electron chi connectivity index (χ2n) is 4.55. The minimum absolute atomic E-state index is 0.331. The van der Waals surface area contributed by atoms with Crippen LogP contribution in [0.3, 0.4) is 0 Å². The van der Waals surface area contributed by atoms with Crippen molar-refractivity contribution < 1.29 is 19.0 Å². The predicted molar refractivity (Wildman–Crippen MR) is 86.7 cm³/mol. The van der Waals surface area contributed by atoms with E-state index in [2.05, 4.69) is 0 Å². The fourth-order valence-electron chi connectivity index (χ4n) is 2.31. The summed E-state index contributed by atoms with van der Waals surface area (Å²) in [7, 11) is 1.64. The molecule has 0 saturated heterocycles. The lowest BCUT2D eigenvalue weighted by Crippen LogP contribution is -2.03. The van der Waals surface area contributed by atoms with Gasteiger partial charge in [-0.2, -0.15) is 0 Å². The molecule has 116 valence electrons. The van der Waals surface area contributed by atoms with Crippen molar-refractivity contribution >= 4 is 22.5 Å². The minimum atomic E-state index is -0.411. The Hall–Kier alpha value is -2.49. The quantitative estimate of drug-likeness (QED) is 0.462. The summed E-state index contributed by atoms with van der Waals surface area (Å²) in [5.41, 5.74) is 0.839. The third-order valence-electron chi connectivity index (χ3n) is 3.20. The van der Waals surface area contributed by atoms with E-state index in [1.165, 1.54) is 6.08 Å². The molecular weight excluding hydrogens is 280 g/mol. The zero-order valence-electron chi connectivity index (χ0n) is 13.1. The predicted octanol–water partition coefficient (Wildman–Crippen LogP) is 3.79. The first-order valence-electron chi connectivity index (χ1n) is 7.28. The minimum Gasteiger partial charge on any atom is -0.496 e. The third kappa shape index (κ3) is 3.39. The number of carbonyl (C=O) groups excluding carboxylic acids is 1. The van der Waals surface area contributed by atoms with E-state index in [-0.39, 0.29) is 0 Å². The second kappa shape index (κ2) is 7.50. The first kappa shape index (κ1) is 15.9. The summed E-state index contributed by atoms with van der Waals surface area (Å²) in [5.74, 6) is 0.872. The Morgan fingerprint density at radius 3 is 2.32 bits per heavy atom. The highest BCUT2D eigenvalue weighted by Gasteiger charge is 2.12. The molecule has 0 aliphatic carbocycles. The Labute approximate surface area is 130 Å². The van der Waals surface area contributed by atoms with Gasteiger partial charge in [0, 0.05) is 10.9 Å². The smallest absolute Gasteiger partial charge is 0.334 e. The van der Waals surface area contributed by atoms with E-state index in [9.17, 15) is 4.79 Å². The Bertz CT molecular complexity index is 689. The maximum Gasteiger partial charge on any atom is 0.334 e. The van der Waals surface area contributed by atoms with Crippen LogP contribution in [0.1, 0.15) is 19.4 Å². The first-order valence-corrected chi connectivity index (χ1v) is 7.28. The Morgan fingerprint density at radius 2 is 1.68 bits per heavy atom. The van der Waals surface area contributed by atoms with Gasteiger partial charge in [-0.15, -0.1) is 0 Å². The number of rotatable bonds is 6. The number of methoxy groups -OCH3 is 1. The maximum absolute atomic E-state index is 11.8. The SMILES string of the molecule is CCOC(=O)/C=C(\OCC)c1ccc(OC)c2ccccc12. The van der Waals surface area contributed by atoms with Gasteiger partial charge in [-0.1, -0.05) is 24.3 Å². The van der Waals surface area contributed by atoms with E-state index < -0.39 is 5.97 Å². The summed E-state index contributed by atoms with van der Waals surface area (Å²) < 4.78 is 16.0. The van der Waals surface area contributed by atoms with Gasteiger partial charge in [0.25, 0.3) is 0 Å². The molecule has 0 amide bonds. The number of hydrogen-bond donors (Lipinski definition) is 0. The monoisotopic (exact) mass is 300 g/mol. The molecule has 4 heteroatoms. The summed E-state index contributed by atoms with van der Waals surface area (Å²) in [5, 5.41) is 1.93. The van der Waals surface area contributed by atoms with Gasteiger partial charge in [0.05, 0.1) is 26.4 Å². The van der Waals surface area contributed by atoms with E-state index in [0.717, 1.165) is 22.1 Å². The number of hydrogen-bond acceptors (Lipinski definition) is 4. The molecule has 0 N–H and O–H groups in total. The first-order chi connectivity index (χ1) is 10.7. The molecule has 0 aliphatic rings. The lowest BCUT2D eigenvalue weighted by molar-refractivity contribution is -0.137. The summed E-state index contributed by atoms with van der Waals surface area (Å²) >= 11 is 0. The van der Waals surface area contributed by atoms with Crippen molar-refractivity contribution in [3.05, 3.63) is 48.0 Å².